The van der Waals surface area contributed by atoms with Gasteiger partial charge in [-0.05, 0) is 24.9 Å². The van der Waals surface area contributed by atoms with Crippen LogP contribution < -0.4 is 5.32 Å². The quantitative estimate of drug-likeness (QED) is 0.746. The molecule has 82 valence electrons. The van der Waals surface area contributed by atoms with Crippen molar-refractivity contribution in [3.63, 3.8) is 0 Å². The van der Waals surface area contributed by atoms with E-state index >= 15 is 0 Å². The Morgan fingerprint density at radius 2 is 2.07 bits per heavy atom. The van der Waals surface area contributed by atoms with Crippen LogP contribution in [-0.4, -0.2) is 23.7 Å². The molecule has 0 saturated heterocycles. The molecule has 1 aromatic rings. The summed E-state index contributed by atoms with van der Waals surface area (Å²) in [4.78, 5) is 10.9. The van der Waals surface area contributed by atoms with E-state index in [1.807, 2.05) is 37.3 Å². The Kier molecular flexibility index (Phi) is 4.84. The van der Waals surface area contributed by atoms with Crippen LogP contribution in [0.4, 0.5) is 0 Å². The highest BCUT2D eigenvalue weighted by molar-refractivity contribution is 5.73. The number of benzene rings is 1. The van der Waals surface area contributed by atoms with Gasteiger partial charge in [0.05, 0.1) is 0 Å². The highest BCUT2D eigenvalue weighted by Gasteiger charge is 2.16. The lowest BCUT2D eigenvalue weighted by Crippen LogP contribution is -2.38. The lowest BCUT2D eigenvalue weighted by Gasteiger charge is -2.13. The topological polar surface area (TPSA) is 49.3 Å². The van der Waals surface area contributed by atoms with E-state index in [2.05, 4.69) is 5.32 Å². The molecule has 0 aliphatic carbocycles. The zero-order valence-electron chi connectivity index (χ0n) is 8.94. The van der Waals surface area contributed by atoms with E-state index in [0.717, 1.165) is 18.5 Å². The number of carbonyl (C=O) groups is 1. The minimum Gasteiger partial charge on any atom is -0.480 e. The Bertz CT molecular complexity index is 298. The first kappa shape index (κ1) is 11.7. The molecule has 0 bridgehead atoms. The zero-order chi connectivity index (χ0) is 11.1. The maximum absolute atomic E-state index is 10.9. The summed E-state index contributed by atoms with van der Waals surface area (Å²) in [6.45, 7) is 2.76. The molecular formula is C12H17NO2. The van der Waals surface area contributed by atoms with Crippen molar-refractivity contribution in [2.45, 2.75) is 25.8 Å². The lowest BCUT2D eigenvalue weighted by molar-refractivity contribution is -0.139. The van der Waals surface area contributed by atoms with Crippen LogP contribution in [0.2, 0.25) is 0 Å². The third kappa shape index (κ3) is 4.13. The molecule has 0 heterocycles. The molecule has 3 nitrogen and oxygen atoms in total. The fourth-order valence-corrected chi connectivity index (χ4v) is 1.42. The van der Waals surface area contributed by atoms with Crippen LogP contribution in [0.5, 0.6) is 0 Å². The van der Waals surface area contributed by atoms with Gasteiger partial charge in [0.15, 0.2) is 0 Å². The molecule has 1 atom stereocenters. The maximum atomic E-state index is 10.9. The number of nitrogens with one attached hydrogen (secondary N) is 1. The van der Waals surface area contributed by atoms with Crippen molar-refractivity contribution in [3.8, 4) is 0 Å². The molecule has 0 aromatic heterocycles. The van der Waals surface area contributed by atoms with Crippen LogP contribution >= 0.6 is 0 Å². The molecule has 0 aliphatic rings. The van der Waals surface area contributed by atoms with Gasteiger partial charge in [-0.3, -0.25) is 4.79 Å². The standard InChI is InChI=1S/C12H17NO2/c1-2-8-13-11(12(14)15)9-10-6-4-3-5-7-10/h3-7,11,13H,2,8-9H2,1H3,(H,14,15). The van der Waals surface area contributed by atoms with Gasteiger partial charge >= 0.3 is 5.97 Å². The Balaban J connectivity index is 2.55. The first-order valence-electron chi connectivity index (χ1n) is 5.24. The SMILES string of the molecule is CCCNC(Cc1ccccc1)C(=O)O. The molecule has 0 radical (unpaired) electrons. The average molecular weight is 207 g/mol. The molecule has 0 saturated carbocycles. The van der Waals surface area contributed by atoms with Crippen molar-refractivity contribution in [1.29, 1.82) is 0 Å². The molecule has 3 heteroatoms. The van der Waals surface area contributed by atoms with E-state index in [-0.39, 0.29) is 0 Å². The summed E-state index contributed by atoms with van der Waals surface area (Å²) in [5.41, 5.74) is 1.05. The van der Waals surface area contributed by atoms with E-state index in [1.54, 1.807) is 0 Å². The number of rotatable bonds is 6. The minimum absolute atomic E-state index is 0.479. The highest BCUT2D eigenvalue weighted by atomic mass is 16.4. The number of carboxylic acid groups (broad SMARTS) is 1. The number of aliphatic carboxylic acids is 1. The lowest BCUT2D eigenvalue weighted by atomic mass is 10.1. The molecule has 1 unspecified atom stereocenters. The second kappa shape index (κ2) is 6.19. The van der Waals surface area contributed by atoms with Gasteiger partial charge in [0, 0.05) is 0 Å². The van der Waals surface area contributed by atoms with Gasteiger partial charge in [0.2, 0.25) is 0 Å². The van der Waals surface area contributed by atoms with Crippen molar-refractivity contribution in [1.82, 2.24) is 5.32 Å². The molecule has 0 spiro atoms. The molecule has 0 amide bonds. The number of carboxylic acids is 1. The van der Waals surface area contributed by atoms with Crippen LogP contribution in [0, 0.1) is 0 Å². The van der Waals surface area contributed by atoms with E-state index < -0.39 is 12.0 Å². The van der Waals surface area contributed by atoms with Crippen LogP contribution in [-0.2, 0) is 11.2 Å². The first-order chi connectivity index (χ1) is 7.24. The third-order valence-corrected chi connectivity index (χ3v) is 2.22. The van der Waals surface area contributed by atoms with Crippen LogP contribution in [0.15, 0.2) is 30.3 Å². The third-order valence-electron chi connectivity index (χ3n) is 2.22. The van der Waals surface area contributed by atoms with Crippen molar-refractivity contribution in [3.05, 3.63) is 35.9 Å². The summed E-state index contributed by atoms with van der Waals surface area (Å²) in [7, 11) is 0. The summed E-state index contributed by atoms with van der Waals surface area (Å²) in [5.74, 6) is -0.785. The summed E-state index contributed by atoms with van der Waals surface area (Å²) < 4.78 is 0. The zero-order valence-corrected chi connectivity index (χ0v) is 8.94. The Hall–Kier alpha value is -1.35. The molecule has 1 aromatic carbocycles. The van der Waals surface area contributed by atoms with Gasteiger partial charge in [-0.25, -0.2) is 0 Å². The van der Waals surface area contributed by atoms with E-state index in [1.165, 1.54) is 0 Å². The highest BCUT2D eigenvalue weighted by Crippen LogP contribution is 2.03. The molecule has 15 heavy (non-hydrogen) atoms. The monoisotopic (exact) mass is 207 g/mol. The number of hydrogen-bond donors (Lipinski definition) is 2. The first-order valence-corrected chi connectivity index (χ1v) is 5.24. The summed E-state index contributed by atoms with van der Waals surface area (Å²) in [6.07, 6.45) is 1.48. The molecule has 1 rings (SSSR count). The second-order valence-electron chi connectivity index (χ2n) is 3.53. The van der Waals surface area contributed by atoms with Crippen molar-refractivity contribution < 1.29 is 9.90 Å². The normalized spacial score (nSPS) is 12.3. The van der Waals surface area contributed by atoms with Crippen molar-refractivity contribution in [2.75, 3.05) is 6.54 Å². The van der Waals surface area contributed by atoms with Gasteiger partial charge in [-0.1, -0.05) is 37.3 Å². The second-order valence-corrected chi connectivity index (χ2v) is 3.53. The van der Waals surface area contributed by atoms with Gasteiger partial charge < -0.3 is 10.4 Å². The van der Waals surface area contributed by atoms with E-state index in [9.17, 15) is 4.79 Å². The van der Waals surface area contributed by atoms with Crippen molar-refractivity contribution >= 4 is 5.97 Å². The van der Waals surface area contributed by atoms with Crippen LogP contribution in [0.25, 0.3) is 0 Å². The van der Waals surface area contributed by atoms with Crippen LogP contribution in [0.1, 0.15) is 18.9 Å². The summed E-state index contributed by atoms with van der Waals surface area (Å²) >= 11 is 0. The predicted molar refractivity (Wildman–Crippen MR) is 59.9 cm³/mol. The van der Waals surface area contributed by atoms with Gasteiger partial charge in [-0.2, -0.15) is 0 Å². The molecular weight excluding hydrogens is 190 g/mol. The van der Waals surface area contributed by atoms with Crippen LogP contribution in [0.3, 0.4) is 0 Å². The smallest absolute Gasteiger partial charge is 0.321 e. The molecule has 0 aliphatic heterocycles. The van der Waals surface area contributed by atoms with E-state index in [4.69, 9.17) is 5.11 Å². The fraction of sp³-hybridized carbons (Fsp3) is 0.417. The molecule has 0 fully saturated rings. The van der Waals surface area contributed by atoms with Gasteiger partial charge in [0.1, 0.15) is 6.04 Å². The van der Waals surface area contributed by atoms with Gasteiger partial charge in [0.25, 0.3) is 0 Å². The fourth-order valence-electron chi connectivity index (χ4n) is 1.42. The van der Waals surface area contributed by atoms with E-state index in [0.29, 0.717) is 6.42 Å². The Labute approximate surface area is 90.1 Å². The Morgan fingerprint density at radius 3 is 2.60 bits per heavy atom. The average Bonchev–Trinajstić information content (AvgIpc) is 2.25. The van der Waals surface area contributed by atoms with Crippen molar-refractivity contribution in [2.24, 2.45) is 0 Å². The maximum Gasteiger partial charge on any atom is 0.321 e. The summed E-state index contributed by atoms with van der Waals surface area (Å²) in [5, 5.41) is 12.0. The summed E-state index contributed by atoms with van der Waals surface area (Å²) in [6, 6.07) is 9.20. The number of hydrogen-bond acceptors (Lipinski definition) is 2. The Morgan fingerprint density at radius 1 is 1.40 bits per heavy atom. The largest absolute Gasteiger partial charge is 0.480 e. The molecule has 2 N–H and O–H groups in total. The minimum atomic E-state index is -0.785. The predicted octanol–water partition coefficient (Wildman–Crippen LogP) is 1.68. The van der Waals surface area contributed by atoms with Gasteiger partial charge in [-0.15, -0.1) is 0 Å².